The highest BCUT2D eigenvalue weighted by Gasteiger charge is 2.45. The van der Waals surface area contributed by atoms with Gasteiger partial charge in [-0.05, 0) is 75.1 Å². The van der Waals surface area contributed by atoms with Crippen LogP contribution in [0.25, 0.3) is 11.2 Å². The van der Waals surface area contributed by atoms with Crippen molar-refractivity contribution in [3.8, 4) is 17.6 Å². The van der Waals surface area contributed by atoms with E-state index >= 15 is 0 Å². The van der Waals surface area contributed by atoms with Crippen LogP contribution in [0.2, 0.25) is 0 Å². The first-order chi connectivity index (χ1) is 32.9. The maximum Gasteiger partial charge on any atom is 0.259 e. The Morgan fingerprint density at radius 1 is 0.926 bits per heavy atom. The molecule has 7 rings (SSSR count). The van der Waals surface area contributed by atoms with Gasteiger partial charge in [0.2, 0.25) is 11.9 Å². The summed E-state index contributed by atoms with van der Waals surface area (Å²) in [6.45, 7) is 13.7. The number of rotatable bonds is 24. The van der Waals surface area contributed by atoms with Crippen LogP contribution in [0.4, 0.5) is 11.8 Å². The van der Waals surface area contributed by atoms with Gasteiger partial charge in [0.15, 0.2) is 17.0 Å². The summed E-state index contributed by atoms with van der Waals surface area (Å²) in [5.74, 6) is 1.55. The maximum absolute atomic E-state index is 13.1. The fraction of sp³-hybridized carbons (Fsp3) is 0.440. The molecule has 3 aromatic heterocycles. The van der Waals surface area contributed by atoms with Gasteiger partial charge in [0.25, 0.3) is 8.53 Å². The number of nitriles is 1. The molecule has 360 valence electrons. The van der Waals surface area contributed by atoms with Crippen LogP contribution in [-0.2, 0) is 35.5 Å². The Bertz CT molecular complexity index is 2500. The minimum atomic E-state index is -1.69. The van der Waals surface area contributed by atoms with Crippen molar-refractivity contribution in [3.05, 3.63) is 121 Å². The number of aryl methyl sites for hydroxylation is 1. The summed E-state index contributed by atoms with van der Waals surface area (Å²) >= 11 is 0. The number of anilines is 2. The van der Waals surface area contributed by atoms with E-state index in [4.69, 9.17) is 42.9 Å². The topological polar surface area (TPSA) is 185 Å². The Labute approximate surface area is 400 Å². The second-order valence-electron chi connectivity index (χ2n) is 17.3. The summed E-state index contributed by atoms with van der Waals surface area (Å²) in [6, 6.07) is 28.2. The number of amides is 1. The number of aromatic nitrogens is 6. The molecule has 1 fully saturated rings. The average molecular weight is 947 g/mol. The molecule has 0 spiro atoms. The normalized spacial score (nSPS) is 16.7. The summed E-state index contributed by atoms with van der Waals surface area (Å²) in [4.78, 5) is 31.8. The first kappa shape index (κ1) is 49.9. The van der Waals surface area contributed by atoms with Gasteiger partial charge in [-0.2, -0.15) is 15.2 Å². The standard InChI is InChI=1S/C50H63N10O7P/c1-34(2)48(61)55-46-45-47(57-49(56-46)53-25-13-27-58-28-26-52-32-58)59(33-54-45)44-30-42(67-68(65-29-12-24-51)60(35(3)4)36(5)6)43(66-44)31-64-50(37-14-10-9-11-15-37,38-16-20-40(62-7)21-17-38)39-18-22-41(63-8)23-19-39/h9-11,14-23,26,28,32-36,42-44H,12-13,25,27,29-31H2,1-8H3,(H2,53,55,56,57,61)/t42-,43+,44+,68?/m0/s1. The average Bonchev–Trinajstić information content (AvgIpc) is 4.12. The van der Waals surface area contributed by atoms with Gasteiger partial charge in [-0.15, -0.1) is 0 Å². The molecule has 1 amide bonds. The number of benzene rings is 3. The number of methoxy groups -OCH3 is 2. The minimum Gasteiger partial charge on any atom is -0.497 e. The van der Waals surface area contributed by atoms with Gasteiger partial charge in [-0.1, -0.05) is 68.4 Å². The fourth-order valence-corrected chi connectivity index (χ4v) is 10.0. The summed E-state index contributed by atoms with van der Waals surface area (Å²) in [5.41, 5.74) is 2.38. The molecular formula is C50H63N10O7P. The molecule has 4 atom stereocenters. The van der Waals surface area contributed by atoms with Crippen molar-refractivity contribution in [2.75, 3.05) is 44.6 Å². The Morgan fingerprint density at radius 3 is 2.18 bits per heavy atom. The zero-order valence-electron chi connectivity index (χ0n) is 40.1. The third-order valence-corrected chi connectivity index (χ3v) is 13.8. The smallest absolute Gasteiger partial charge is 0.259 e. The van der Waals surface area contributed by atoms with Gasteiger partial charge in [0.05, 0.1) is 58.7 Å². The van der Waals surface area contributed by atoms with Crippen LogP contribution < -0.4 is 20.1 Å². The molecule has 0 radical (unpaired) electrons. The van der Waals surface area contributed by atoms with Crippen LogP contribution in [0, 0.1) is 17.2 Å². The van der Waals surface area contributed by atoms with E-state index in [1.807, 2.05) is 95.9 Å². The van der Waals surface area contributed by atoms with Crippen molar-refractivity contribution in [1.82, 2.24) is 33.7 Å². The first-order valence-electron chi connectivity index (χ1n) is 23.1. The number of ether oxygens (including phenoxy) is 4. The monoisotopic (exact) mass is 946 g/mol. The maximum atomic E-state index is 13.1. The van der Waals surface area contributed by atoms with E-state index in [2.05, 4.69) is 66.2 Å². The molecule has 1 aliphatic heterocycles. The van der Waals surface area contributed by atoms with Crippen LogP contribution >= 0.6 is 8.53 Å². The van der Waals surface area contributed by atoms with E-state index in [0.29, 0.717) is 47.4 Å². The molecule has 6 aromatic rings. The van der Waals surface area contributed by atoms with Crippen molar-refractivity contribution in [2.24, 2.45) is 5.92 Å². The number of hydrogen-bond donors (Lipinski definition) is 2. The van der Waals surface area contributed by atoms with Crippen LogP contribution in [0.5, 0.6) is 11.5 Å². The van der Waals surface area contributed by atoms with Crippen molar-refractivity contribution in [3.63, 3.8) is 0 Å². The van der Waals surface area contributed by atoms with E-state index in [9.17, 15) is 10.1 Å². The highest BCUT2D eigenvalue weighted by molar-refractivity contribution is 7.44. The molecule has 1 aliphatic rings. The van der Waals surface area contributed by atoms with Gasteiger partial charge in [0, 0.05) is 49.9 Å². The zero-order valence-corrected chi connectivity index (χ0v) is 41.0. The molecule has 68 heavy (non-hydrogen) atoms. The molecule has 4 heterocycles. The summed E-state index contributed by atoms with van der Waals surface area (Å²) in [6.07, 6.45) is 6.58. The highest BCUT2D eigenvalue weighted by Crippen LogP contribution is 2.51. The Balaban J connectivity index is 1.30. The molecule has 17 nitrogen and oxygen atoms in total. The lowest BCUT2D eigenvalue weighted by molar-refractivity contribution is -0.118. The molecule has 3 aromatic carbocycles. The molecule has 18 heteroatoms. The van der Waals surface area contributed by atoms with Crippen LogP contribution in [0.1, 0.15) is 83.7 Å². The highest BCUT2D eigenvalue weighted by atomic mass is 31.2. The van der Waals surface area contributed by atoms with Crippen LogP contribution in [0.15, 0.2) is 104 Å². The predicted octanol–water partition coefficient (Wildman–Crippen LogP) is 9.09. The molecule has 0 bridgehead atoms. The summed E-state index contributed by atoms with van der Waals surface area (Å²) < 4.78 is 45.4. The Morgan fingerprint density at radius 2 is 1.59 bits per heavy atom. The van der Waals surface area contributed by atoms with Crippen molar-refractivity contribution >= 4 is 37.4 Å². The number of nitrogens with one attached hydrogen (secondary N) is 2. The SMILES string of the molecule is COc1ccc(C(OC[C@H]2O[C@@H](n3cnc4c(NC(=O)C(C)C)nc(NCCCn5ccnc5)nc43)C[C@@H]2OP(OCCC#N)N(C(C)C)C(C)C)(c2ccccc2)c2ccc(OC)cc2)cc1. The third kappa shape index (κ3) is 11.6. The van der Waals surface area contributed by atoms with Crippen LogP contribution in [-0.4, -0.2) is 97.9 Å². The van der Waals surface area contributed by atoms with Crippen LogP contribution in [0.3, 0.4) is 0 Å². The zero-order chi connectivity index (χ0) is 48.2. The molecule has 0 saturated carbocycles. The van der Waals surface area contributed by atoms with Gasteiger partial charge in [-0.25, -0.2) is 14.6 Å². The molecule has 1 unspecified atom stereocenters. The second kappa shape index (κ2) is 23.3. The lowest BCUT2D eigenvalue weighted by Gasteiger charge is -2.39. The fourth-order valence-electron chi connectivity index (χ4n) is 8.26. The Kier molecular flexibility index (Phi) is 17.1. The number of imidazole rings is 2. The number of hydrogen-bond acceptors (Lipinski definition) is 14. The lowest BCUT2D eigenvalue weighted by atomic mass is 9.80. The van der Waals surface area contributed by atoms with E-state index < -0.39 is 32.6 Å². The lowest BCUT2D eigenvalue weighted by Crippen LogP contribution is -2.39. The number of fused-ring (bicyclic) bond motifs is 1. The van der Waals surface area contributed by atoms with E-state index in [1.54, 1.807) is 33.1 Å². The van der Waals surface area contributed by atoms with E-state index in [-0.39, 0.29) is 43.5 Å². The third-order valence-electron chi connectivity index (χ3n) is 11.6. The van der Waals surface area contributed by atoms with Crippen molar-refractivity contribution in [2.45, 2.75) is 103 Å². The van der Waals surface area contributed by atoms with Gasteiger partial charge in [0.1, 0.15) is 29.4 Å². The van der Waals surface area contributed by atoms with Gasteiger partial charge in [-0.3, -0.25) is 9.36 Å². The summed E-state index contributed by atoms with van der Waals surface area (Å²) in [7, 11) is 1.60. The van der Waals surface area contributed by atoms with Gasteiger partial charge >= 0.3 is 0 Å². The van der Waals surface area contributed by atoms with E-state index in [0.717, 1.165) is 29.7 Å². The number of carbonyl (C=O) groups is 1. The largest absolute Gasteiger partial charge is 0.497 e. The molecule has 2 N–H and O–H groups in total. The minimum absolute atomic E-state index is 0.0616. The number of carbonyl (C=O) groups excluding carboxylic acids is 1. The molecular weight excluding hydrogens is 884 g/mol. The second-order valence-corrected chi connectivity index (χ2v) is 18.7. The Hall–Kier alpha value is -5.99. The van der Waals surface area contributed by atoms with Crippen molar-refractivity contribution in [1.29, 1.82) is 5.26 Å². The van der Waals surface area contributed by atoms with E-state index in [1.165, 1.54) is 0 Å². The van der Waals surface area contributed by atoms with Crippen molar-refractivity contribution < 1.29 is 32.8 Å². The first-order valence-corrected chi connectivity index (χ1v) is 24.2. The quantitative estimate of drug-likeness (QED) is 0.0333. The molecule has 1 saturated heterocycles. The number of nitrogens with zero attached hydrogens (tertiary/aromatic N) is 8. The molecule has 0 aliphatic carbocycles. The van der Waals surface area contributed by atoms with Gasteiger partial charge < -0.3 is 43.2 Å². The predicted molar refractivity (Wildman–Crippen MR) is 261 cm³/mol. The summed E-state index contributed by atoms with van der Waals surface area (Å²) in [5, 5.41) is 15.8.